The van der Waals surface area contributed by atoms with Crippen molar-refractivity contribution in [1.82, 2.24) is 10.2 Å². The molecule has 3 aliphatic rings. The molecule has 3 heterocycles. The van der Waals surface area contributed by atoms with E-state index >= 15 is 0 Å². The van der Waals surface area contributed by atoms with Gasteiger partial charge in [0.1, 0.15) is 11.5 Å². The summed E-state index contributed by atoms with van der Waals surface area (Å²) in [4.78, 5) is 2.75. The average molecular weight is 567 g/mol. The largest absolute Gasteiger partial charge is 0.573 e. The van der Waals surface area contributed by atoms with Crippen LogP contribution in [0.25, 0.3) is 0 Å². The summed E-state index contributed by atoms with van der Waals surface area (Å²) in [6, 6.07) is 26.7. The van der Waals surface area contributed by atoms with E-state index in [1.54, 1.807) is 13.2 Å². The summed E-state index contributed by atoms with van der Waals surface area (Å²) in [6.07, 6.45) is 2.41. The standard InChI is InChI=1S/C34H41F3N2O2/c1-3-4-7-16-28-21-26-19-20-39(28)33(31(24-12-8-5-9-13-24)25-14-10-6-11-15-25)32(26)38-23-27-22-29(41-34(35,36)37)17-18-30(27)40-2/h5-6,8-15,17-18,22,26,28,31-33,38H,3-4,7,16,19-21,23H2,1-2H3. The minimum absolute atomic E-state index is 0.161. The zero-order chi connectivity index (χ0) is 28.8. The summed E-state index contributed by atoms with van der Waals surface area (Å²) >= 11 is 0. The SMILES string of the molecule is CCCCCC1CC2CCN1C(C(c1ccccc1)c1ccccc1)C2NCc1cc(OC(F)(F)F)ccc1OC. The molecule has 0 spiro atoms. The molecule has 1 N–H and O–H groups in total. The Morgan fingerprint density at radius 2 is 1.63 bits per heavy atom. The predicted octanol–water partition coefficient (Wildman–Crippen LogP) is 7.93. The van der Waals surface area contributed by atoms with Crippen LogP contribution in [0.5, 0.6) is 11.5 Å². The normalized spacial score (nSPS) is 24.0. The zero-order valence-electron chi connectivity index (χ0n) is 23.9. The molecule has 0 aromatic heterocycles. The maximum atomic E-state index is 13.0. The van der Waals surface area contributed by atoms with E-state index < -0.39 is 6.36 Å². The number of ether oxygens (including phenoxy) is 2. The van der Waals surface area contributed by atoms with Crippen LogP contribution in [-0.4, -0.2) is 43.0 Å². The van der Waals surface area contributed by atoms with E-state index in [0.717, 1.165) is 19.4 Å². The highest BCUT2D eigenvalue weighted by Gasteiger charge is 2.49. The molecule has 0 amide bonds. The highest BCUT2D eigenvalue weighted by atomic mass is 19.4. The predicted molar refractivity (Wildman–Crippen MR) is 156 cm³/mol. The average Bonchev–Trinajstić information content (AvgIpc) is 2.97. The molecule has 220 valence electrons. The number of halogens is 3. The fourth-order valence-electron chi connectivity index (χ4n) is 7.13. The lowest BCUT2D eigenvalue weighted by Gasteiger charge is -2.58. The van der Waals surface area contributed by atoms with Crippen LogP contribution in [0.4, 0.5) is 13.2 Å². The van der Waals surface area contributed by atoms with Gasteiger partial charge in [0, 0.05) is 36.2 Å². The first-order valence-electron chi connectivity index (χ1n) is 14.9. The first-order valence-corrected chi connectivity index (χ1v) is 14.9. The topological polar surface area (TPSA) is 33.7 Å². The quantitative estimate of drug-likeness (QED) is 0.226. The summed E-state index contributed by atoms with van der Waals surface area (Å²) < 4.78 is 48.7. The molecule has 5 unspecified atom stereocenters. The van der Waals surface area contributed by atoms with E-state index in [0.29, 0.717) is 29.8 Å². The summed E-state index contributed by atoms with van der Waals surface area (Å²) in [5.74, 6) is 0.952. The molecule has 4 nitrogen and oxygen atoms in total. The monoisotopic (exact) mass is 566 g/mol. The van der Waals surface area contributed by atoms with Gasteiger partial charge in [0.2, 0.25) is 0 Å². The van der Waals surface area contributed by atoms with Crippen LogP contribution in [0, 0.1) is 5.92 Å². The molecule has 41 heavy (non-hydrogen) atoms. The van der Waals surface area contributed by atoms with Gasteiger partial charge >= 0.3 is 6.36 Å². The van der Waals surface area contributed by atoms with E-state index in [2.05, 4.69) is 82.5 Å². The number of unbranched alkanes of at least 4 members (excludes halogenated alkanes) is 2. The van der Waals surface area contributed by atoms with Crippen LogP contribution < -0.4 is 14.8 Å². The molecule has 7 heteroatoms. The lowest BCUT2D eigenvalue weighted by Crippen LogP contribution is -2.67. The van der Waals surface area contributed by atoms with Gasteiger partial charge in [-0.2, -0.15) is 0 Å². The summed E-state index contributed by atoms with van der Waals surface area (Å²) in [7, 11) is 1.54. The second-order valence-corrected chi connectivity index (χ2v) is 11.4. The molecule has 3 aromatic carbocycles. The number of rotatable bonds is 12. The minimum atomic E-state index is -4.74. The van der Waals surface area contributed by atoms with Gasteiger partial charge in [0.25, 0.3) is 0 Å². The van der Waals surface area contributed by atoms with E-state index in [4.69, 9.17) is 4.74 Å². The van der Waals surface area contributed by atoms with Gasteiger partial charge in [0.15, 0.2) is 0 Å². The number of alkyl halides is 3. The zero-order valence-corrected chi connectivity index (χ0v) is 23.9. The number of nitrogens with zero attached hydrogens (tertiary/aromatic N) is 1. The molecule has 0 radical (unpaired) electrons. The molecule has 3 aliphatic heterocycles. The van der Waals surface area contributed by atoms with Gasteiger partial charge in [0.05, 0.1) is 7.11 Å². The van der Waals surface area contributed by atoms with Crippen LogP contribution in [0.2, 0.25) is 0 Å². The van der Waals surface area contributed by atoms with Gasteiger partial charge in [-0.05, 0) is 61.1 Å². The van der Waals surface area contributed by atoms with E-state index in [-0.39, 0.29) is 23.8 Å². The number of piperidine rings is 3. The lowest BCUT2D eigenvalue weighted by molar-refractivity contribution is -0.274. The number of hydrogen-bond donors (Lipinski definition) is 1. The van der Waals surface area contributed by atoms with Crippen molar-refractivity contribution >= 4 is 0 Å². The maximum Gasteiger partial charge on any atom is 0.573 e. The molecular weight excluding hydrogens is 525 g/mol. The van der Waals surface area contributed by atoms with Crippen molar-refractivity contribution in [3.63, 3.8) is 0 Å². The smallest absolute Gasteiger partial charge is 0.496 e. The molecule has 3 saturated heterocycles. The second-order valence-electron chi connectivity index (χ2n) is 11.4. The van der Waals surface area contributed by atoms with Gasteiger partial charge in [-0.25, -0.2) is 0 Å². The van der Waals surface area contributed by atoms with Crippen molar-refractivity contribution in [2.24, 2.45) is 5.92 Å². The Balaban J connectivity index is 1.49. The Hall–Kier alpha value is -3.03. The third kappa shape index (κ3) is 7.07. The molecule has 2 bridgehead atoms. The van der Waals surface area contributed by atoms with Gasteiger partial charge < -0.3 is 14.8 Å². The number of benzene rings is 3. The Bertz CT molecular complexity index is 1200. The molecule has 6 rings (SSSR count). The van der Waals surface area contributed by atoms with Crippen molar-refractivity contribution in [2.75, 3.05) is 13.7 Å². The molecule has 0 saturated carbocycles. The molecule has 3 aromatic rings. The number of methoxy groups -OCH3 is 1. The van der Waals surface area contributed by atoms with E-state index in [9.17, 15) is 13.2 Å². The minimum Gasteiger partial charge on any atom is -0.496 e. The summed E-state index contributed by atoms with van der Waals surface area (Å²) in [6.45, 7) is 3.71. The van der Waals surface area contributed by atoms with Crippen LogP contribution in [0.3, 0.4) is 0 Å². The van der Waals surface area contributed by atoms with Crippen LogP contribution in [-0.2, 0) is 6.54 Å². The Kier molecular flexibility index (Phi) is 9.56. The van der Waals surface area contributed by atoms with Crippen LogP contribution in [0.15, 0.2) is 78.9 Å². The summed E-state index contributed by atoms with van der Waals surface area (Å²) in [5, 5.41) is 3.83. The molecular formula is C34H41F3N2O2. The Labute approximate surface area is 241 Å². The fourth-order valence-corrected chi connectivity index (χ4v) is 7.13. The van der Waals surface area contributed by atoms with Crippen LogP contribution in [0.1, 0.15) is 68.1 Å². The highest BCUT2D eigenvalue weighted by molar-refractivity contribution is 5.41. The Morgan fingerprint density at radius 3 is 2.24 bits per heavy atom. The van der Waals surface area contributed by atoms with Crippen molar-refractivity contribution in [2.45, 2.75) is 82.4 Å². The van der Waals surface area contributed by atoms with Crippen molar-refractivity contribution in [3.8, 4) is 11.5 Å². The van der Waals surface area contributed by atoms with Crippen molar-refractivity contribution in [1.29, 1.82) is 0 Å². The molecule has 3 fully saturated rings. The van der Waals surface area contributed by atoms with Gasteiger partial charge in [-0.15, -0.1) is 13.2 Å². The summed E-state index contributed by atoms with van der Waals surface area (Å²) in [5.41, 5.74) is 3.22. The third-order valence-electron chi connectivity index (χ3n) is 8.87. The van der Waals surface area contributed by atoms with E-state index in [1.807, 2.05) is 0 Å². The number of hydrogen-bond acceptors (Lipinski definition) is 4. The maximum absolute atomic E-state index is 13.0. The Morgan fingerprint density at radius 1 is 0.951 bits per heavy atom. The van der Waals surface area contributed by atoms with Crippen molar-refractivity contribution < 1.29 is 22.6 Å². The first-order chi connectivity index (χ1) is 19.9. The molecule has 0 aliphatic carbocycles. The van der Waals surface area contributed by atoms with Gasteiger partial charge in [-0.1, -0.05) is 86.8 Å². The van der Waals surface area contributed by atoms with Crippen molar-refractivity contribution in [3.05, 3.63) is 95.6 Å². The first kappa shape index (κ1) is 29.5. The third-order valence-corrected chi connectivity index (χ3v) is 8.87. The highest BCUT2D eigenvalue weighted by Crippen LogP contribution is 2.45. The van der Waals surface area contributed by atoms with Gasteiger partial charge in [-0.3, -0.25) is 4.90 Å². The lowest BCUT2D eigenvalue weighted by atomic mass is 9.67. The molecule has 5 atom stereocenters. The van der Waals surface area contributed by atoms with Crippen LogP contribution >= 0.6 is 0 Å². The number of nitrogens with one attached hydrogen (secondary N) is 1. The number of fused-ring (bicyclic) bond motifs is 3. The fraction of sp³-hybridized carbons (Fsp3) is 0.471. The second kappa shape index (κ2) is 13.3. The van der Waals surface area contributed by atoms with E-state index in [1.165, 1.54) is 48.9 Å².